The van der Waals surface area contributed by atoms with Gasteiger partial charge in [0.25, 0.3) is 5.79 Å². The van der Waals surface area contributed by atoms with Crippen LogP contribution in [-0.4, -0.2) is 40.5 Å². The molecule has 0 amide bonds. The summed E-state index contributed by atoms with van der Waals surface area (Å²) in [7, 11) is 0. The molecule has 5 rings (SSSR count). The van der Waals surface area contributed by atoms with Gasteiger partial charge in [0, 0.05) is 23.2 Å². The third-order valence-electron chi connectivity index (χ3n) is 6.83. The predicted octanol–water partition coefficient (Wildman–Crippen LogP) is 5.71. The smallest absolute Gasteiger partial charge is 0.358 e. The number of para-hydroxylation sites is 1. The van der Waals surface area contributed by atoms with Gasteiger partial charge >= 0.3 is 5.97 Å². The fourth-order valence-electron chi connectivity index (χ4n) is 5.05. The molecular weight excluding hydrogens is 485 g/mol. The van der Waals surface area contributed by atoms with Crippen molar-refractivity contribution in [3.63, 3.8) is 0 Å². The number of carbonyl (C=O) groups is 1. The number of nitrogens with zero attached hydrogens (tertiary/aromatic N) is 2. The van der Waals surface area contributed by atoms with Crippen molar-refractivity contribution < 1.29 is 23.4 Å². The Morgan fingerprint density at radius 1 is 1.28 bits per heavy atom. The molecule has 7 nitrogen and oxygen atoms in total. The van der Waals surface area contributed by atoms with Gasteiger partial charge in [-0.1, -0.05) is 23.7 Å². The predicted molar refractivity (Wildman–Crippen MR) is 133 cm³/mol. The van der Waals surface area contributed by atoms with Crippen molar-refractivity contribution in [1.82, 2.24) is 14.9 Å². The summed E-state index contributed by atoms with van der Waals surface area (Å²) in [6, 6.07) is 10.4. The van der Waals surface area contributed by atoms with Gasteiger partial charge < -0.3 is 19.2 Å². The molecule has 2 aliphatic rings. The van der Waals surface area contributed by atoms with Gasteiger partial charge in [0.05, 0.1) is 18.7 Å². The molecule has 9 heteroatoms. The summed E-state index contributed by atoms with van der Waals surface area (Å²) in [5.74, 6) is 0.200. The molecule has 1 atom stereocenters. The number of benzene rings is 2. The lowest BCUT2D eigenvalue weighted by atomic mass is 9.88. The standard InChI is InChI=1S/C27H29ClFN3O4/c1-4-34-26(33)24-16(2)30-23(31-24)15-32-12-10-17(11-13-32)19-6-5-7-22-25(19)36-27(3,35-22)20-9-8-18(28)14-21(20)29/h5-9,14,17H,4,10-13,15H2,1-3H3,(H,30,31)/t27-/m0/s1. The van der Waals surface area contributed by atoms with Crippen molar-refractivity contribution in [2.75, 3.05) is 19.7 Å². The van der Waals surface area contributed by atoms with Gasteiger partial charge in [-0.2, -0.15) is 0 Å². The van der Waals surface area contributed by atoms with Gasteiger partial charge in [0.15, 0.2) is 17.2 Å². The SMILES string of the molecule is CCOC(=O)c1nc(CN2CCC(c3cccc4c3O[C@@](C)(c3ccc(Cl)cc3F)O4)CC2)[nH]c1C. The number of esters is 1. The Kier molecular flexibility index (Phi) is 6.66. The van der Waals surface area contributed by atoms with E-state index in [9.17, 15) is 9.18 Å². The summed E-state index contributed by atoms with van der Waals surface area (Å²) in [4.78, 5) is 22.1. The van der Waals surface area contributed by atoms with Crippen LogP contribution in [0.2, 0.25) is 5.02 Å². The lowest BCUT2D eigenvalue weighted by Crippen LogP contribution is -2.34. The van der Waals surface area contributed by atoms with Crippen LogP contribution in [0.5, 0.6) is 11.5 Å². The van der Waals surface area contributed by atoms with Crippen molar-refractivity contribution in [3.05, 3.63) is 75.6 Å². The molecule has 190 valence electrons. The van der Waals surface area contributed by atoms with Crippen molar-refractivity contribution in [2.45, 2.75) is 51.9 Å². The highest BCUT2D eigenvalue weighted by Gasteiger charge is 2.43. The van der Waals surface area contributed by atoms with E-state index in [0.717, 1.165) is 43.0 Å². The number of piperidine rings is 1. The normalized spacial score (nSPS) is 20.0. The second-order valence-electron chi connectivity index (χ2n) is 9.38. The molecule has 0 saturated carbocycles. The van der Waals surface area contributed by atoms with Crippen LogP contribution < -0.4 is 9.47 Å². The number of hydrogen-bond acceptors (Lipinski definition) is 6. The maximum absolute atomic E-state index is 14.7. The molecule has 2 aliphatic heterocycles. The number of aromatic amines is 1. The number of H-pyrrole nitrogens is 1. The van der Waals surface area contributed by atoms with Crippen LogP contribution in [0.15, 0.2) is 36.4 Å². The van der Waals surface area contributed by atoms with Gasteiger partial charge in [-0.3, -0.25) is 4.90 Å². The van der Waals surface area contributed by atoms with E-state index in [-0.39, 0.29) is 5.92 Å². The van der Waals surface area contributed by atoms with E-state index in [1.165, 1.54) is 6.07 Å². The fraction of sp³-hybridized carbons (Fsp3) is 0.407. The number of imidazole rings is 1. The number of likely N-dealkylation sites (tertiary alicyclic amines) is 1. The zero-order valence-corrected chi connectivity index (χ0v) is 21.3. The largest absolute Gasteiger partial charge is 0.461 e. The molecule has 0 spiro atoms. The summed E-state index contributed by atoms with van der Waals surface area (Å²) in [5.41, 5.74) is 2.44. The Morgan fingerprint density at radius 2 is 2.06 bits per heavy atom. The summed E-state index contributed by atoms with van der Waals surface area (Å²) < 4.78 is 32.2. The lowest BCUT2D eigenvalue weighted by Gasteiger charge is -2.32. The van der Waals surface area contributed by atoms with E-state index in [1.807, 2.05) is 19.1 Å². The minimum absolute atomic E-state index is 0.283. The van der Waals surface area contributed by atoms with E-state index in [4.69, 9.17) is 25.8 Å². The van der Waals surface area contributed by atoms with Crippen LogP contribution in [0, 0.1) is 12.7 Å². The summed E-state index contributed by atoms with van der Waals surface area (Å²) in [6.45, 7) is 8.02. The van der Waals surface area contributed by atoms with Crippen molar-refractivity contribution in [2.24, 2.45) is 0 Å². The highest BCUT2D eigenvalue weighted by molar-refractivity contribution is 6.30. The molecule has 0 bridgehead atoms. The second-order valence-corrected chi connectivity index (χ2v) is 9.81. The average molecular weight is 514 g/mol. The first-order valence-electron chi connectivity index (χ1n) is 12.2. The Balaban J connectivity index is 1.26. The summed E-state index contributed by atoms with van der Waals surface area (Å²) >= 11 is 5.93. The van der Waals surface area contributed by atoms with Crippen LogP contribution in [0.3, 0.4) is 0 Å². The molecule has 1 aromatic heterocycles. The number of nitrogens with one attached hydrogen (secondary N) is 1. The average Bonchev–Trinajstić information content (AvgIpc) is 3.38. The van der Waals surface area contributed by atoms with Crippen molar-refractivity contribution >= 4 is 17.6 Å². The molecule has 1 saturated heterocycles. The molecule has 1 N–H and O–H groups in total. The molecule has 3 aromatic rings. The lowest BCUT2D eigenvalue weighted by molar-refractivity contribution is -0.0712. The van der Waals surface area contributed by atoms with E-state index >= 15 is 0 Å². The van der Waals surface area contributed by atoms with E-state index < -0.39 is 17.6 Å². The minimum Gasteiger partial charge on any atom is -0.461 e. The monoisotopic (exact) mass is 513 g/mol. The second kappa shape index (κ2) is 9.75. The number of hydrogen-bond donors (Lipinski definition) is 1. The van der Waals surface area contributed by atoms with Crippen molar-refractivity contribution in [3.8, 4) is 11.5 Å². The van der Waals surface area contributed by atoms with Crippen LogP contribution in [0.25, 0.3) is 0 Å². The third-order valence-corrected chi connectivity index (χ3v) is 7.07. The molecule has 36 heavy (non-hydrogen) atoms. The Labute approximate surface area is 214 Å². The highest BCUT2D eigenvalue weighted by Crippen LogP contribution is 2.49. The van der Waals surface area contributed by atoms with Gasteiger partial charge in [-0.15, -0.1) is 0 Å². The number of ether oxygens (including phenoxy) is 3. The quantitative estimate of drug-likeness (QED) is 0.425. The van der Waals surface area contributed by atoms with Crippen LogP contribution in [0.1, 0.15) is 65.7 Å². The zero-order valence-electron chi connectivity index (χ0n) is 20.6. The summed E-state index contributed by atoms with van der Waals surface area (Å²) in [6.07, 6.45) is 1.85. The van der Waals surface area contributed by atoms with E-state index in [2.05, 4.69) is 20.9 Å². The first kappa shape index (κ1) is 24.6. The molecule has 3 heterocycles. The Morgan fingerprint density at radius 3 is 2.78 bits per heavy atom. The third kappa shape index (κ3) is 4.67. The van der Waals surface area contributed by atoms with Crippen LogP contribution in [0.4, 0.5) is 4.39 Å². The van der Waals surface area contributed by atoms with E-state index in [0.29, 0.717) is 40.9 Å². The topological polar surface area (TPSA) is 76.7 Å². The maximum atomic E-state index is 14.7. The molecular formula is C27H29ClFN3O4. The maximum Gasteiger partial charge on any atom is 0.358 e. The minimum atomic E-state index is -1.26. The number of fused-ring (bicyclic) bond motifs is 1. The van der Waals surface area contributed by atoms with Gasteiger partial charge in [0.1, 0.15) is 11.6 Å². The number of aryl methyl sites for hydroxylation is 1. The molecule has 1 fully saturated rings. The highest BCUT2D eigenvalue weighted by atomic mass is 35.5. The van der Waals surface area contributed by atoms with Gasteiger partial charge in [0.2, 0.25) is 0 Å². The van der Waals surface area contributed by atoms with Crippen LogP contribution in [-0.2, 0) is 17.1 Å². The number of aromatic nitrogens is 2. The Hall–Kier alpha value is -3.10. The first-order valence-corrected chi connectivity index (χ1v) is 12.6. The number of halogens is 2. The Bertz CT molecular complexity index is 1290. The van der Waals surface area contributed by atoms with Gasteiger partial charge in [-0.05, 0) is 70.0 Å². The first-order chi connectivity index (χ1) is 17.3. The van der Waals surface area contributed by atoms with Crippen LogP contribution >= 0.6 is 11.6 Å². The molecule has 2 aromatic carbocycles. The number of carbonyl (C=O) groups excluding carboxylic acids is 1. The van der Waals surface area contributed by atoms with Crippen molar-refractivity contribution in [1.29, 1.82) is 0 Å². The van der Waals surface area contributed by atoms with E-state index in [1.54, 1.807) is 26.0 Å². The molecule has 0 aliphatic carbocycles. The molecule has 0 unspecified atom stereocenters. The fourth-order valence-corrected chi connectivity index (χ4v) is 5.21. The van der Waals surface area contributed by atoms with Gasteiger partial charge in [-0.25, -0.2) is 14.2 Å². The summed E-state index contributed by atoms with van der Waals surface area (Å²) in [5, 5.41) is 0.324. The zero-order chi connectivity index (χ0) is 25.4. The number of rotatable bonds is 6. The molecule has 0 radical (unpaired) electrons.